The van der Waals surface area contributed by atoms with Gasteiger partial charge in [-0.3, -0.25) is 9.59 Å². The van der Waals surface area contributed by atoms with E-state index in [9.17, 15) is 14.0 Å². The Bertz CT molecular complexity index is 963. The molecule has 0 unspecified atom stereocenters. The van der Waals surface area contributed by atoms with Gasteiger partial charge >= 0.3 is 0 Å². The van der Waals surface area contributed by atoms with Gasteiger partial charge in [-0.15, -0.1) is 0 Å². The van der Waals surface area contributed by atoms with E-state index in [0.717, 1.165) is 57.3 Å². The molecule has 2 fully saturated rings. The second-order valence-corrected chi connectivity index (χ2v) is 9.17. The predicted octanol–water partition coefficient (Wildman–Crippen LogP) is 5.38. The molecule has 0 bridgehead atoms. The lowest BCUT2D eigenvalue weighted by Gasteiger charge is -2.34. The van der Waals surface area contributed by atoms with Gasteiger partial charge in [0.05, 0.1) is 5.56 Å². The molecule has 0 spiro atoms. The van der Waals surface area contributed by atoms with Crippen molar-refractivity contribution in [3.05, 3.63) is 59.4 Å². The van der Waals surface area contributed by atoms with Crippen LogP contribution in [-0.2, 0) is 0 Å². The molecule has 32 heavy (non-hydrogen) atoms. The van der Waals surface area contributed by atoms with Crippen LogP contribution in [0.2, 0.25) is 0 Å². The highest BCUT2D eigenvalue weighted by atomic mass is 19.1. The van der Waals surface area contributed by atoms with Gasteiger partial charge in [-0.2, -0.15) is 0 Å². The molecule has 1 saturated carbocycles. The number of amides is 2. The molecule has 2 aromatic rings. The van der Waals surface area contributed by atoms with Crippen LogP contribution in [-0.4, -0.2) is 30.9 Å². The van der Waals surface area contributed by atoms with Crippen LogP contribution in [0.3, 0.4) is 0 Å². The smallest absolute Gasteiger partial charge is 0.255 e. The number of rotatable bonds is 5. The molecule has 1 aliphatic carbocycles. The van der Waals surface area contributed by atoms with E-state index in [0.29, 0.717) is 17.2 Å². The lowest BCUT2D eigenvalue weighted by molar-refractivity contribution is 0.0927. The summed E-state index contributed by atoms with van der Waals surface area (Å²) >= 11 is 0. The number of carbonyl (C=O) groups is 2. The largest absolute Gasteiger partial charge is 0.371 e. The molecule has 2 N–H and O–H groups in total. The van der Waals surface area contributed by atoms with E-state index in [4.69, 9.17) is 0 Å². The molecule has 5 nitrogen and oxygen atoms in total. The highest BCUT2D eigenvalue weighted by Gasteiger charge is 2.24. The molecule has 1 heterocycles. The molecule has 170 valence electrons. The van der Waals surface area contributed by atoms with Gasteiger partial charge in [0.1, 0.15) is 5.82 Å². The third-order valence-electron chi connectivity index (χ3n) is 6.65. The van der Waals surface area contributed by atoms with Crippen molar-refractivity contribution in [2.75, 3.05) is 23.3 Å². The van der Waals surface area contributed by atoms with Crippen molar-refractivity contribution in [3.8, 4) is 0 Å². The summed E-state index contributed by atoms with van der Waals surface area (Å²) in [7, 11) is 0. The van der Waals surface area contributed by atoms with Crippen LogP contribution in [0.25, 0.3) is 0 Å². The van der Waals surface area contributed by atoms with Crippen LogP contribution < -0.4 is 15.5 Å². The van der Waals surface area contributed by atoms with E-state index in [1.54, 1.807) is 12.1 Å². The number of benzene rings is 2. The van der Waals surface area contributed by atoms with Crippen LogP contribution in [0, 0.1) is 11.7 Å². The number of nitrogens with zero attached hydrogens (tertiary/aromatic N) is 1. The molecule has 6 heteroatoms. The third kappa shape index (κ3) is 5.47. The zero-order chi connectivity index (χ0) is 22.5. The van der Waals surface area contributed by atoms with Crippen LogP contribution in [0.15, 0.2) is 42.5 Å². The maximum Gasteiger partial charge on any atom is 0.255 e. The summed E-state index contributed by atoms with van der Waals surface area (Å²) in [6.07, 6.45) is 7.74. The van der Waals surface area contributed by atoms with Crippen LogP contribution in [0.5, 0.6) is 0 Å². The summed E-state index contributed by atoms with van der Waals surface area (Å²) in [4.78, 5) is 28.2. The fourth-order valence-electron chi connectivity index (χ4n) is 4.66. The van der Waals surface area contributed by atoms with Crippen molar-refractivity contribution in [1.29, 1.82) is 0 Å². The van der Waals surface area contributed by atoms with E-state index in [2.05, 4.69) is 22.5 Å². The normalized spacial score (nSPS) is 17.8. The molecule has 0 aromatic heterocycles. The average Bonchev–Trinajstić information content (AvgIpc) is 2.80. The summed E-state index contributed by atoms with van der Waals surface area (Å²) in [5, 5.41) is 6.03. The van der Waals surface area contributed by atoms with E-state index in [1.807, 2.05) is 12.1 Å². The lowest BCUT2D eigenvalue weighted by Crippen LogP contribution is -2.38. The summed E-state index contributed by atoms with van der Waals surface area (Å²) < 4.78 is 13.5. The quantitative estimate of drug-likeness (QED) is 0.660. The van der Waals surface area contributed by atoms with E-state index >= 15 is 0 Å². The first-order valence-corrected chi connectivity index (χ1v) is 11.8. The van der Waals surface area contributed by atoms with Crippen molar-refractivity contribution in [3.63, 3.8) is 0 Å². The van der Waals surface area contributed by atoms with Gasteiger partial charge in [0.15, 0.2) is 0 Å². The Morgan fingerprint density at radius 1 is 0.938 bits per heavy atom. The van der Waals surface area contributed by atoms with Gasteiger partial charge in [0, 0.05) is 36.1 Å². The molecule has 2 aliphatic rings. The molecular weight excluding hydrogens is 405 g/mol. The summed E-state index contributed by atoms with van der Waals surface area (Å²) in [6.45, 7) is 4.10. The highest BCUT2D eigenvalue weighted by molar-refractivity contribution is 6.06. The van der Waals surface area contributed by atoms with Crippen molar-refractivity contribution in [2.24, 2.45) is 5.92 Å². The Morgan fingerprint density at radius 2 is 1.69 bits per heavy atom. The van der Waals surface area contributed by atoms with Gasteiger partial charge < -0.3 is 15.5 Å². The van der Waals surface area contributed by atoms with E-state index in [-0.39, 0.29) is 17.5 Å². The molecule has 1 saturated heterocycles. The minimum absolute atomic E-state index is 0.0904. The Kier molecular flexibility index (Phi) is 7.08. The number of hydrogen-bond acceptors (Lipinski definition) is 3. The maximum atomic E-state index is 13.5. The molecule has 2 aromatic carbocycles. The van der Waals surface area contributed by atoms with E-state index < -0.39 is 11.7 Å². The minimum atomic E-state index is -0.458. The third-order valence-corrected chi connectivity index (χ3v) is 6.65. The van der Waals surface area contributed by atoms with Crippen molar-refractivity contribution >= 4 is 23.2 Å². The summed E-state index contributed by atoms with van der Waals surface area (Å²) in [5.41, 5.74) is 2.27. The van der Waals surface area contributed by atoms with Crippen LogP contribution >= 0.6 is 0 Å². The van der Waals surface area contributed by atoms with Crippen molar-refractivity contribution < 1.29 is 14.0 Å². The zero-order valence-corrected chi connectivity index (χ0v) is 18.7. The molecule has 0 radical (unpaired) electrons. The topological polar surface area (TPSA) is 61.4 Å². The standard InChI is InChI=1S/C26H32FN3O2/c1-18-12-14-30(15-13-18)24-11-10-22(29-25(31)19-6-5-7-20(27)16-19)17-23(24)26(32)28-21-8-3-2-4-9-21/h5-7,10-11,16-18,21H,2-4,8-9,12-15H2,1H3,(H,28,32)(H,29,31). The second kappa shape index (κ2) is 10.2. The number of hydrogen-bond donors (Lipinski definition) is 2. The fourth-order valence-corrected chi connectivity index (χ4v) is 4.66. The fraction of sp³-hybridized carbons (Fsp3) is 0.462. The molecule has 1 aliphatic heterocycles. The first-order chi connectivity index (χ1) is 15.5. The van der Waals surface area contributed by atoms with Gasteiger partial charge in [0.2, 0.25) is 0 Å². The number of halogens is 1. The van der Waals surface area contributed by atoms with Gasteiger partial charge in [-0.25, -0.2) is 4.39 Å². The molecule has 0 atom stereocenters. The number of nitrogens with one attached hydrogen (secondary N) is 2. The first-order valence-electron chi connectivity index (χ1n) is 11.8. The molecular formula is C26H32FN3O2. The zero-order valence-electron chi connectivity index (χ0n) is 18.7. The van der Waals surface area contributed by atoms with Crippen molar-refractivity contribution in [1.82, 2.24) is 5.32 Å². The Hall–Kier alpha value is -2.89. The number of carbonyl (C=O) groups excluding carboxylic acids is 2. The Labute approximate surface area is 189 Å². The number of anilines is 2. The minimum Gasteiger partial charge on any atom is -0.371 e. The SMILES string of the molecule is CC1CCN(c2ccc(NC(=O)c3cccc(F)c3)cc2C(=O)NC2CCCCC2)CC1. The first kappa shape index (κ1) is 22.3. The van der Waals surface area contributed by atoms with Gasteiger partial charge in [-0.1, -0.05) is 32.3 Å². The lowest BCUT2D eigenvalue weighted by atomic mass is 9.95. The second-order valence-electron chi connectivity index (χ2n) is 9.17. The van der Waals surface area contributed by atoms with Crippen LogP contribution in [0.4, 0.5) is 15.8 Å². The Morgan fingerprint density at radius 3 is 2.41 bits per heavy atom. The average molecular weight is 438 g/mol. The molecule has 4 rings (SSSR count). The number of piperidine rings is 1. The molecule has 2 amide bonds. The highest BCUT2D eigenvalue weighted by Crippen LogP contribution is 2.29. The Balaban J connectivity index is 1.57. The summed E-state index contributed by atoms with van der Waals surface area (Å²) in [5.74, 6) is -0.259. The van der Waals surface area contributed by atoms with Crippen molar-refractivity contribution in [2.45, 2.75) is 57.9 Å². The maximum absolute atomic E-state index is 13.5. The predicted molar refractivity (Wildman–Crippen MR) is 126 cm³/mol. The van der Waals surface area contributed by atoms with Gasteiger partial charge in [-0.05, 0) is 68.0 Å². The summed E-state index contributed by atoms with van der Waals surface area (Å²) in [6, 6.07) is 11.3. The van der Waals surface area contributed by atoms with Crippen LogP contribution in [0.1, 0.15) is 72.6 Å². The van der Waals surface area contributed by atoms with E-state index in [1.165, 1.54) is 24.6 Å². The van der Waals surface area contributed by atoms with Gasteiger partial charge in [0.25, 0.3) is 11.8 Å². The monoisotopic (exact) mass is 437 g/mol.